The standard InChI is InChI=1S/C16H19NO2/c1-11-4-3-5-14(8-11)12(2)17-10-13-6-7-15(18)16(19)9-13/h3-9,12,17-19H,10H2,1-2H3/t12-/m0/s1. The van der Waals surface area contributed by atoms with Gasteiger partial charge < -0.3 is 15.5 Å². The highest BCUT2D eigenvalue weighted by atomic mass is 16.3. The van der Waals surface area contributed by atoms with Crippen molar-refractivity contribution in [2.45, 2.75) is 26.4 Å². The topological polar surface area (TPSA) is 52.5 Å². The first-order chi connectivity index (χ1) is 9.06. The second-order valence-corrected chi connectivity index (χ2v) is 4.84. The van der Waals surface area contributed by atoms with Crippen molar-refractivity contribution in [1.29, 1.82) is 0 Å². The van der Waals surface area contributed by atoms with Gasteiger partial charge in [0.2, 0.25) is 0 Å². The Hall–Kier alpha value is -2.00. The first-order valence-electron chi connectivity index (χ1n) is 6.37. The highest BCUT2D eigenvalue weighted by molar-refractivity contribution is 5.40. The van der Waals surface area contributed by atoms with E-state index in [1.54, 1.807) is 12.1 Å². The molecule has 100 valence electrons. The number of hydrogen-bond acceptors (Lipinski definition) is 3. The SMILES string of the molecule is Cc1cccc([C@H](C)NCc2ccc(O)c(O)c2)c1. The van der Waals surface area contributed by atoms with E-state index in [0.717, 1.165) is 5.56 Å². The molecular formula is C16H19NO2. The van der Waals surface area contributed by atoms with Gasteiger partial charge in [0.25, 0.3) is 0 Å². The third-order valence-corrected chi connectivity index (χ3v) is 3.19. The van der Waals surface area contributed by atoms with Crippen molar-refractivity contribution < 1.29 is 10.2 Å². The van der Waals surface area contributed by atoms with Gasteiger partial charge >= 0.3 is 0 Å². The van der Waals surface area contributed by atoms with Crippen LogP contribution in [0.4, 0.5) is 0 Å². The van der Waals surface area contributed by atoms with Gasteiger partial charge in [0, 0.05) is 12.6 Å². The maximum absolute atomic E-state index is 9.44. The van der Waals surface area contributed by atoms with Crippen molar-refractivity contribution in [1.82, 2.24) is 5.32 Å². The van der Waals surface area contributed by atoms with Crippen molar-refractivity contribution in [3.05, 3.63) is 59.2 Å². The molecule has 2 aromatic carbocycles. The van der Waals surface area contributed by atoms with E-state index in [1.807, 2.05) is 0 Å². The lowest BCUT2D eigenvalue weighted by molar-refractivity contribution is 0.402. The van der Waals surface area contributed by atoms with Gasteiger partial charge in [0.15, 0.2) is 11.5 Å². The van der Waals surface area contributed by atoms with E-state index in [-0.39, 0.29) is 17.5 Å². The molecule has 0 saturated heterocycles. The number of phenolic OH excluding ortho intramolecular Hbond substituents is 2. The maximum atomic E-state index is 9.44. The normalized spacial score (nSPS) is 12.3. The quantitative estimate of drug-likeness (QED) is 0.737. The third-order valence-electron chi connectivity index (χ3n) is 3.19. The van der Waals surface area contributed by atoms with Crippen LogP contribution in [-0.4, -0.2) is 10.2 Å². The van der Waals surface area contributed by atoms with Crippen LogP contribution in [0.3, 0.4) is 0 Å². The fraction of sp³-hybridized carbons (Fsp3) is 0.250. The molecule has 2 aromatic rings. The van der Waals surface area contributed by atoms with E-state index in [4.69, 9.17) is 0 Å². The fourth-order valence-electron chi connectivity index (χ4n) is 2.01. The Balaban J connectivity index is 2.00. The molecule has 3 N–H and O–H groups in total. The molecule has 0 saturated carbocycles. The van der Waals surface area contributed by atoms with Crippen LogP contribution in [0.25, 0.3) is 0 Å². The molecule has 0 aromatic heterocycles. The number of hydrogen-bond donors (Lipinski definition) is 3. The van der Waals surface area contributed by atoms with Crippen LogP contribution in [0.2, 0.25) is 0 Å². The van der Waals surface area contributed by atoms with E-state index in [0.29, 0.717) is 6.54 Å². The molecule has 0 bridgehead atoms. The summed E-state index contributed by atoms with van der Waals surface area (Å²) >= 11 is 0. The number of nitrogens with one attached hydrogen (secondary N) is 1. The van der Waals surface area contributed by atoms with Gasteiger partial charge in [0.1, 0.15) is 0 Å². The van der Waals surface area contributed by atoms with Gasteiger partial charge in [-0.2, -0.15) is 0 Å². The predicted molar refractivity (Wildman–Crippen MR) is 76.2 cm³/mol. The first-order valence-corrected chi connectivity index (χ1v) is 6.37. The van der Waals surface area contributed by atoms with E-state index in [1.165, 1.54) is 17.2 Å². The predicted octanol–water partition coefficient (Wildman–Crippen LogP) is 3.26. The minimum absolute atomic E-state index is 0.0810. The molecule has 0 radical (unpaired) electrons. The highest BCUT2D eigenvalue weighted by Crippen LogP contribution is 2.25. The van der Waals surface area contributed by atoms with Crippen LogP contribution in [0.5, 0.6) is 11.5 Å². The molecule has 19 heavy (non-hydrogen) atoms. The summed E-state index contributed by atoms with van der Waals surface area (Å²) in [7, 11) is 0. The Kier molecular flexibility index (Phi) is 4.07. The van der Waals surface area contributed by atoms with Crippen LogP contribution in [-0.2, 0) is 6.54 Å². The van der Waals surface area contributed by atoms with Gasteiger partial charge in [-0.1, -0.05) is 35.9 Å². The Bertz CT molecular complexity index is 566. The zero-order valence-electron chi connectivity index (χ0n) is 11.2. The zero-order valence-corrected chi connectivity index (χ0v) is 11.2. The summed E-state index contributed by atoms with van der Waals surface area (Å²) in [5.41, 5.74) is 3.42. The number of phenols is 2. The molecule has 0 unspecified atom stereocenters. The van der Waals surface area contributed by atoms with E-state index >= 15 is 0 Å². The lowest BCUT2D eigenvalue weighted by atomic mass is 10.1. The molecule has 0 spiro atoms. The summed E-state index contributed by atoms with van der Waals surface area (Å²) in [6.45, 7) is 4.83. The lowest BCUT2D eigenvalue weighted by Crippen LogP contribution is -2.18. The Labute approximate surface area is 113 Å². The summed E-state index contributed by atoms with van der Waals surface area (Å²) in [5.74, 6) is -0.169. The minimum Gasteiger partial charge on any atom is -0.504 e. The molecule has 3 heteroatoms. The maximum Gasteiger partial charge on any atom is 0.157 e. The number of aryl methyl sites for hydroxylation is 1. The summed E-state index contributed by atoms with van der Waals surface area (Å²) in [4.78, 5) is 0. The molecular weight excluding hydrogens is 238 g/mol. The summed E-state index contributed by atoms with van der Waals surface area (Å²) in [6, 6.07) is 13.5. The fourth-order valence-corrected chi connectivity index (χ4v) is 2.01. The van der Waals surface area contributed by atoms with Gasteiger partial charge in [-0.15, -0.1) is 0 Å². The first kappa shape index (κ1) is 13.4. The molecule has 1 atom stereocenters. The van der Waals surface area contributed by atoms with Crippen LogP contribution < -0.4 is 5.32 Å². The second-order valence-electron chi connectivity index (χ2n) is 4.84. The van der Waals surface area contributed by atoms with E-state index in [9.17, 15) is 10.2 Å². The molecule has 2 rings (SSSR count). The summed E-state index contributed by atoms with van der Waals surface area (Å²) in [5, 5.41) is 22.1. The zero-order chi connectivity index (χ0) is 13.8. The van der Waals surface area contributed by atoms with Crippen LogP contribution in [0.1, 0.15) is 29.7 Å². The van der Waals surface area contributed by atoms with Crippen molar-refractivity contribution in [3.63, 3.8) is 0 Å². The van der Waals surface area contributed by atoms with Gasteiger partial charge in [-0.3, -0.25) is 0 Å². The summed E-state index contributed by atoms with van der Waals surface area (Å²) < 4.78 is 0. The Morgan fingerprint density at radius 1 is 1.05 bits per heavy atom. The monoisotopic (exact) mass is 257 g/mol. The largest absolute Gasteiger partial charge is 0.504 e. The molecule has 0 aliphatic rings. The van der Waals surface area contributed by atoms with Crippen molar-refractivity contribution in [2.24, 2.45) is 0 Å². The Morgan fingerprint density at radius 3 is 2.53 bits per heavy atom. The molecule has 0 amide bonds. The van der Waals surface area contributed by atoms with Crippen LogP contribution in [0.15, 0.2) is 42.5 Å². The Morgan fingerprint density at radius 2 is 1.84 bits per heavy atom. The number of rotatable bonds is 4. The smallest absolute Gasteiger partial charge is 0.157 e. The van der Waals surface area contributed by atoms with E-state index in [2.05, 4.69) is 43.4 Å². The lowest BCUT2D eigenvalue weighted by Gasteiger charge is -2.15. The third kappa shape index (κ3) is 3.48. The molecule has 0 heterocycles. The van der Waals surface area contributed by atoms with Gasteiger partial charge in [-0.05, 0) is 37.1 Å². The molecule has 0 aliphatic carbocycles. The van der Waals surface area contributed by atoms with Crippen LogP contribution >= 0.6 is 0 Å². The number of benzene rings is 2. The molecule has 3 nitrogen and oxygen atoms in total. The van der Waals surface area contributed by atoms with Crippen molar-refractivity contribution in [3.8, 4) is 11.5 Å². The summed E-state index contributed by atoms with van der Waals surface area (Å²) in [6.07, 6.45) is 0. The van der Waals surface area contributed by atoms with Crippen molar-refractivity contribution >= 4 is 0 Å². The second kappa shape index (κ2) is 5.76. The average Bonchev–Trinajstić information content (AvgIpc) is 2.40. The molecule has 0 fully saturated rings. The van der Waals surface area contributed by atoms with E-state index < -0.39 is 0 Å². The average molecular weight is 257 g/mol. The van der Waals surface area contributed by atoms with Crippen LogP contribution in [0, 0.1) is 6.92 Å². The van der Waals surface area contributed by atoms with Gasteiger partial charge in [-0.25, -0.2) is 0 Å². The molecule has 0 aliphatic heterocycles. The minimum atomic E-state index is -0.0875. The van der Waals surface area contributed by atoms with Gasteiger partial charge in [0.05, 0.1) is 0 Å². The highest BCUT2D eigenvalue weighted by Gasteiger charge is 2.06. The number of aromatic hydroxyl groups is 2. The van der Waals surface area contributed by atoms with Crippen molar-refractivity contribution in [2.75, 3.05) is 0 Å².